The van der Waals surface area contributed by atoms with Crippen molar-refractivity contribution in [2.45, 2.75) is 32.6 Å². The number of benzene rings is 1. The van der Waals surface area contributed by atoms with Crippen LogP contribution < -0.4 is 14.4 Å². The van der Waals surface area contributed by atoms with Gasteiger partial charge in [-0.05, 0) is 36.8 Å². The summed E-state index contributed by atoms with van der Waals surface area (Å²) in [6.45, 7) is 5.23. The molecule has 1 saturated heterocycles. The zero-order valence-corrected chi connectivity index (χ0v) is 18.3. The van der Waals surface area contributed by atoms with Gasteiger partial charge in [-0.3, -0.25) is 4.79 Å². The number of amides is 1. The van der Waals surface area contributed by atoms with Crippen molar-refractivity contribution in [3.05, 3.63) is 47.7 Å². The predicted octanol–water partition coefficient (Wildman–Crippen LogP) is 3.88. The van der Waals surface area contributed by atoms with Crippen LogP contribution in [0.15, 0.2) is 36.5 Å². The Kier molecular flexibility index (Phi) is 8.11. The number of piperazine rings is 1. The van der Waals surface area contributed by atoms with E-state index >= 15 is 0 Å². The van der Waals surface area contributed by atoms with E-state index in [0.717, 1.165) is 12.8 Å². The molecule has 0 bridgehead atoms. The second-order valence-corrected chi connectivity index (χ2v) is 7.54. The molecule has 1 fully saturated rings. The quantitative estimate of drug-likeness (QED) is 0.571. The summed E-state index contributed by atoms with van der Waals surface area (Å²) < 4.78 is 11.3. The number of rotatable bonds is 9. The van der Waals surface area contributed by atoms with Crippen molar-refractivity contribution in [2.24, 2.45) is 0 Å². The number of aromatic nitrogens is 1. The van der Waals surface area contributed by atoms with Crippen molar-refractivity contribution < 1.29 is 14.3 Å². The standard InChI is InChI=1S/C24H30N4O3/c1-3-4-5-6-16-31-21-10-9-19(17-22(21)30-2)24(29)28-14-12-27(13-15-28)23-20(18-25)8-7-11-26-23/h7-11,17H,3-6,12-16H2,1-2H3. The van der Waals surface area contributed by atoms with E-state index in [1.807, 2.05) is 11.0 Å². The Bertz CT molecular complexity index is 917. The molecule has 0 N–H and O–H groups in total. The zero-order valence-electron chi connectivity index (χ0n) is 18.3. The summed E-state index contributed by atoms with van der Waals surface area (Å²) in [7, 11) is 1.59. The maximum absolute atomic E-state index is 13.0. The minimum absolute atomic E-state index is 0.0334. The van der Waals surface area contributed by atoms with Gasteiger partial charge in [-0.2, -0.15) is 5.26 Å². The molecule has 1 aromatic carbocycles. The van der Waals surface area contributed by atoms with E-state index in [2.05, 4.69) is 22.9 Å². The number of anilines is 1. The number of ether oxygens (including phenoxy) is 2. The van der Waals surface area contributed by atoms with Crippen LogP contribution in [0.5, 0.6) is 11.5 Å². The van der Waals surface area contributed by atoms with Crippen LogP contribution in [0.4, 0.5) is 5.82 Å². The SMILES string of the molecule is CCCCCCOc1ccc(C(=O)N2CCN(c3ncccc3C#N)CC2)cc1OC. The highest BCUT2D eigenvalue weighted by Crippen LogP contribution is 2.29. The molecule has 0 radical (unpaired) electrons. The van der Waals surface area contributed by atoms with Crippen LogP contribution in [0.25, 0.3) is 0 Å². The van der Waals surface area contributed by atoms with Gasteiger partial charge in [0.2, 0.25) is 0 Å². The molecule has 1 aliphatic heterocycles. The monoisotopic (exact) mass is 422 g/mol. The number of nitrogens with zero attached hydrogens (tertiary/aromatic N) is 4. The lowest BCUT2D eigenvalue weighted by Crippen LogP contribution is -2.49. The predicted molar refractivity (Wildman–Crippen MR) is 120 cm³/mol. The summed E-state index contributed by atoms with van der Waals surface area (Å²) in [5, 5.41) is 9.30. The maximum Gasteiger partial charge on any atom is 0.254 e. The van der Waals surface area contributed by atoms with Crippen LogP contribution in [-0.4, -0.2) is 55.7 Å². The molecule has 2 aromatic rings. The summed E-state index contributed by atoms with van der Waals surface area (Å²) in [5.74, 6) is 1.89. The second kappa shape index (κ2) is 11.2. The normalized spacial score (nSPS) is 13.6. The Labute approximate surface area is 184 Å². The van der Waals surface area contributed by atoms with E-state index in [0.29, 0.717) is 61.2 Å². The molecular weight excluding hydrogens is 392 g/mol. The molecule has 7 nitrogen and oxygen atoms in total. The van der Waals surface area contributed by atoms with Crippen molar-refractivity contribution >= 4 is 11.7 Å². The van der Waals surface area contributed by atoms with Gasteiger partial charge in [0, 0.05) is 37.9 Å². The van der Waals surface area contributed by atoms with E-state index in [9.17, 15) is 10.1 Å². The molecule has 0 spiro atoms. The van der Waals surface area contributed by atoms with E-state index in [4.69, 9.17) is 9.47 Å². The largest absolute Gasteiger partial charge is 0.493 e. The lowest BCUT2D eigenvalue weighted by atomic mass is 10.1. The van der Waals surface area contributed by atoms with Gasteiger partial charge >= 0.3 is 0 Å². The number of pyridine rings is 1. The molecular formula is C24H30N4O3. The molecule has 0 unspecified atom stereocenters. The van der Waals surface area contributed by atoms with Crippen LogP contribution in [0, 0.1) is 11.3 Å². The van der Waals surface area contributed by atoms with Gasteiger partial charge in [-0.1, -0.05) is 26.2 Å². The molecule has 1 aromatic heterocycles. The third-order valence-electron chi connectivity index (χ3n) is 5.44. The van der Waals surface area contributed by atoms with Crippen molar-refractivity contribution in [2.75, 3.05) is 44.8 Å². The fourth-order valence-electron chi connectivity index (χ4n) is 3.67. The fourth-order valence-corrected chi connectivity index (χ4v) is 3.67. The van der Waals surface area contributed by atoms with Crippen LogP contribution in [0.2, 0.25) is 0 Å². The summed E-state index contributed by atoms with van der Waals surface area (Å²) in [4.78, 5) is 21.2. The molecule has 0 saturated carbocycles. The van der Waals surface area contributed by atoms with E-state index in [1.165, 1.54) is 12.8 Å². The molecule has 1 aliphatic rings. The lowest BCUT2D eigenvalue weighted by Gasteiger charge is -2.35. The van der Waals surface area contributed by atoms with Crippen molar-refractivity contribution in [1.29, 1.82) is 5.26 Å². The molecule has 7 heteroatoms. The minimum atomic E-state index is -0.0334. The van der Waals surface area contributed by atoms with E-state index < -0.39 is 0 Å². The van der Waals surface area contributed by atoms with Crippen LogP contribution in [0.3, 0.4) is 0 Å². The molecule has 164 valence electrons. The highest BCUT2D eigenvalue weighted by Gasteiger charge is 2.24. The van der Waals surface area contributed by atoms with Gasteiger partial charge in [0.05, 0.1) is 19.3 Å². The second-order valence-electron chi connectivity index (χ2n) is 7.54. The Hall–Kier alpha value is -3.27. The van der Waals surface area contributed by atoms with Gasteiger partial charge < -0.3 is 19.3 Å². The van der Waals surface area contributed by atoms with E-state index in [-0.39, 0.29) is 5.91 Å². The van der Waals surface area contributed by atoms with Crippen LogP contribution in [0.1, 0.15) is 48.5 Å². The molecule has 2 heterocycles. The number of hydrogen-bond donors (Lipinski definition) is 0. The molecule has 3 rings (SSSR count). The summed E-state index contributed by atoms with van der Waals surface area (Å²) >= 11 is 0. The Morgan fingerprint density at radius 2 is 1.94 bits per heavy atom. The van der Waals surface area contributed by atoms with Crippen molar-refractivity contribution in [1.82, 2.24) is 9.88 Å². The third kappa shape index (κ3) is 5.66. The first-order valence-electron chi connectivity index (χ1n) is 10.9. The first kappa shape index (κ1) is 22.4. The van der Waals surface area contributed by atoms with Crippen molar-refractivity contribution in [3.8, 4) is 17.6 Å². The van der Waals surface area contributed by atoms with E-state index in [1.54, 1.807) is 37.6 Å². The van der Waals surface area contributed by atoms with Crippen LogP contribution >= 0.6 is 0 Å². The Morgan fingerprint density at radius 1 is 1.13 bits per heavy atom. The average Bonchev–Trinajstić information content (AvgIpc) is 2.83. The van der Waals surface area contributed by atoms with Gasteiger partial charge in [-0.25, -0.2) is 4.98 Å². The summed E-state index contributed by atoms with van der Waals surface area (Å²) in [6.07, 6.45) is 6.24. The number of hydrogen-bond acceptors (Lipinski definition) is 6. The number of carbonyl (C=O) groups excluding carboxylic acids is 1. The number of unbranched alkanes of at least 4 members (excludes halogenated alkanes) is 3. The highest BCUT2D eigenvalue weighted by molar-refractivity contribution is 5.95. The smallest absolute Gasteiger partial charge is 0.254 e. The highest BCUT2D eigenvalue weighted by atomic mass is 16.5. The third-order valence-corrected chi connectivity index (χ3v) is 5.44. The number of nitriles is 1. The minimum Gasteiger partial charge on any atom is -0.493 e. The van der Waals surface area contributed by atoms with Gasteiger partial charge in [0.1, 0.15) is 11.9 Å². The Balaban J connectivity index is 1.59. The average molecular weight is 423 g/mol. The number of methoxy groups -OCH3 is 1. The zero-order chi connectivity index (χ0) is 22.1. The molecule has 0 aliphatic carbocycles. The first-order chi connectivity index (χ1) is 15.2. The van der Waals surface area contributed by atoms with Crippen molar-refractivity contribution in [3.63, 3.8) is 0 Å². The van der Waals surface area contributed by atoms with Gasteiger partial charge in [0.15, 0.2) is 11.5 Å². The summed E-state index contributed by atoms with van der Waals surface area (Å²) in [5.41, 5.74) is 1.14. The molecule has 1 amide bonds. The molecule has 31 heavy (non-hydrogen) atoms. The van der Waals surface area contributed by atoms with Crippen LogP contribution in [-0.2, 0) is 0 Å². The summed E-state index contributed by atoms with van der Waals surface area (Å²) in [6, 6.07) is 11.1. The Morgan fingerprint density at radius 3 is 2.65 bits per heavy atom. The topological polar surface area (TPSA) is 78.7 Å². The maximum atomic E-state index is 13.0. The molecule has 0 atom stereocenters. The fraction of sp³-hybridized carbons (Fsp3) is 0.458. The first-order valence-corrected chi connectivity index (χ1v) is 10.9. The van der Waals surface area contributed by atoms with Gasteiger partial charge in [-0.15, -0.1) is 0 Å². The van der Waals surface area contributed by atoms with Gasteiger partial charge in [0.25, 0.3) is 5.91 Å². The number of carbonyl (C=O) groups is 1. The lowest BCUT2D eigenvalue weighted by molar-refractivity contribution is 0.0746.